The van der Waals surface area contributed by atoms with Crippen LogP contribution < -0.4 is 14.8 Å². The molecule has 1 aromatic carbocycles. The maximum absolute atomic E-state index is 12.8. The number of amides is 2. The number of hydrogen-bond acceptors (Lipinski definition) is 4. The molecule has 1 saturated carbocycles. The Labute approximate surface area is 168 Å². The predicted octanol–water partition coefficient (Wildman–Crippen LogP) is 4.10. The minimum Gasteiger partial charge on any atom is -0.493 e. The molecule has 1 aromatic rings. The van der Waals surface area contributed by atoms with Crippen LogP contribution in [0.1, 0.15) is 52.4 Å². The molecule has 2 amide bonds. The van der Waals surface area contributed by atoms with Gasteiger partial charge in [-0.1, -0.05) is 13.8 Å². The summed E-state index contributed by atoms with van der Waals surface area (Å²) in [5.74, 6) is 1.50. The Kier molecular flexibility index (Phi) is 8.61. The van der Waals surface area contributed by atoms with E-state index in [9.17, 15) is 9.59 Å². The van der Waals surface area contributed by atoms with Crippen LogP contribution in [0, 0.1) is 11.8 Å². The lowest BCUT2D eigenvalue weighted by molar-refractivity contribution is -0.138. The number of nitrogens with zero attached hydrogens (tertiary/aromatic N) is 1. The number of nitrogens with one attached hydrogen (secondary N) is 1. The van der Waals surface area contributed by atoms with Gasteiger partial charge in [-0.3, -0.25) is 9.59 Å². The molecule has 0 atom stereocenters. The van der Waals surface area contributed by atoms with Crippen LogP contribution in [0.25, 0.3) is 0 Å². The lowest BCUT2D eigenvalue weighted by Crippen LogP contribution is -2.39. The minimum atomic E-state index is -0.0528. The van der Waals surface area contributed by atoms with E-state index >= 15 is 0 Å². The molecule has 0 unspecified atom stereocenters. The fourth-order valence-electron chi connectivity index (χ4n) is 3.89. The molecule has 6 heteroatoms. The van der Waals surface area contributed by atoms with Crippen molar-refractivity contribution in [1.29, 1.82) is 0 Å². The average Bonchev–Trinajstić information content (AvgIpc) is 2.73. The Hall–Kier alpha value is -2.24. The van der Waals surface area contributed by atoms with Crippen LogP contribution in [0.3, 0.4) is 0 Å². The van der Waals surface area contributed by atoms with Gasteiger partial charge in [0.15, 0.2) is 11.5 Å². The van der Waals surface area contributed by atoms with Crippen molar-refractivity contribution in [3.63, 3.8) is 0 Å². The van der Waals surface area contributed by atoms with Gasteiger partial charge in [-0.2, -0.15) is 0 Å². The van der Waals surface area contributed by atoms with E-state index in [2.05, 4.69) is 19.2 Å². The summed E-state index contributed by atoms with van der Waals surface area (Å²) in [5, 5.41) is 2.98. The molecule has 2 rings (SSSR count). The Morgan fingerprint density at radius 3 is 2.07 bits per heavy atom. The van der Waals surface area contributed by atoms with Crippen LogP contribution in [-0.4, -0.2) is 44.0 Å². The van der Waals surface area contributed by atoms with Crippen molar-refractivity contribution in [1.82, 2.24) is 4.90 Å². The number of hydrogen-bond donors (Lipinski definition) is 1. The second-order valence-corrected chi connectivity index (χ2v) is 7.43. The molecule has 1 N–H and O–H groups in total. The van der Waals surface area contributed by atoms with E-state index in [1.807, 2.05) is 11.0 Å². The van der Waals surface area contributed by atoms with E-state index in [1.54, 1.807) is 26.4 Å². The second-order valence-electron chi connectivity index (χ2n) is 7.43. The molecule has 0 saturated heterocycles. The van der Waals surface area contributed by atoms with Gasteiger partial charge in [-0.05, 0) is 50.7 Å². The van der Waals surface area contributed by atoms with Crippen molar-refractivity contribution in [3.05, 3.63) is 18.2 Å². The molecule has 6 nitrogen and oxygen atoms in total. The largest absolute Gasteiger partial charge is 0.493 e. The molecule has 0 radical (unpaired) electrons. The van der Waals surface area contributed by atoms with Gasteiger partial charge in [0, 0.05) is 36.7 Å². The third kappa shape index (κ3) is 5.63. The van der Waals surface area contributed by atoms with E-state index < -0.39 is 0 Å². The molecule has 0 spiro atoms. The highest BCUT2D eigenvalue weighted by Crippen LogP contribution is 2.33. The molecular weight excluding hydrogens is 356 g/mol. The van der Waals surface area contributed by atoms with Gasteiger partial charge in [0.05, 0.1) is 14.2 Å². The van der Waals surface area contributed by atoms with Crippen LogP contribution >= 0.6 is 0 Å². The topological polar surface area (TPSA) is 67.9 Å². The Balaban J connectivity index is 1.90. The average molecular weight is 391 g/mol. The number of ether oxygens (including phenoxy) is 2. The Morgan fingerprint density at radius 2 is 1.54 bits per heavy atom. The predicted molar refractivity (Wildman–Crippen MR) is 111 cm³/mol. The smallest absolute Gasteiger partial charge is 0.227 e. The zero-order valence-electron chi connectivity index (χ0n) is 17.6. The summed E-state index contributed by atoms with van der Waals surface area (Å²) in [7, 11) is 3.15. The van der Waals surface area contributed by atoms with Crippen molar-refractivity contribution < 1.29 is 19.1 Å². The molecule has 1 aliphatic carbocycles. The monoisotopic (exact) mass is 390 g/mol. The van der Waals surface area contributed by atoms with Crippen molar-refractivity contribution in [2.24, 2.45) is 11.8 Å². The number of benzene rings is 1. The van der Waals surface area contributed by atoms with Crippen molar-refractivity contribution in [3.8, 4) is 11.5 Å². The summed E-state index contributed by atoms with van der Waals surface area (Å²) in [6.07, 6.45) is 5.03. The molecule has 0 aromatic heterocycles. The quantitative estimate of drug-likeness (QED) is 0.689. The van der Waals surface area contributed by atoms with E-state index in [4.69, 9.17) is 9.47 Å². The minimum absolute atomic E-state index is 0.0112. The summed E-state index contributed by atoms with van der Waals surface area (Å²) >= 11 is 0. The van der Waals surface area contributed by atoms with Crippen LogP contribution in [0.15, 0.2) is 18.2 Å². The summed E-state index contributed by atoms with van der Waals surface area (Å²) in [6.45, 7) is 5.86. The van der Waals surface area contributed by atoms with Gasteiger partial charge >= 0.3 is 0 Å². The first-order valence-corrected chi connectivity index (χ1v) is 10.4. The summed E-state index contributed by atoms with van der Waals surface area (Å²) in [5.41, 5.74) is 0.693. The number of carbonyl (C=O) groups is 2. The van der Waals surface area contributed by atoms with Gasteiger partial charge in [-0.25, -0.2) is 0 Å². The van der Waals surface area contributed by atoms with Crippen molar-refractivity contribution in [2.75, 3.05) is 32.6 Å². The maximum atomic E-state index is 12.8. The van der Waals surface area contributed by atoms with Gasteiger partial charge in [0.25, 0.3) is 0 Å². The Bertz CT molecular complexity index is 648. The third-order valence-corrected chi connectivity index (χ3v) is 5.40. The van der Waals surface area contributed by atoms with Gasteiger partial charge in [-0.15, -0.1) is 0 Å². The fourth-order valence-corrected chi connectivity index (χ4v) is 3.89. The van der Waals surface area contributed by atoms with Gasteiger partial charge < -0.3 is 19.7 Å². The fraction of sp³-hybridized carbons (Fsp3) is 0.636. The lowest BCUT2D eigenvalue weighted by Gasteiger charge is -2.31. The van der Waals surface area contributed by atoms with E-state index in [0.29, 0.717) is 17.2 Å². The zero-order valence-corrected chi connectivity index (χ0v) is 17.6. The molecule has 0 bridgehead atoms. The SMILES string of the molecule is CCCN(CCC)C(=O)C1CCC(C(=O)Nc2ccc(OC)c(OC)c2)CC1. The number of methoxy groups -OCH3 is 2. The highest BCUT2D eigenvalue weighted by molar-refractivity contribution is 5.93. The number of anilines is 1. The first-order chi connectivity index (χ1) is 13.5. The van der Waals surface area contributed by atoms with Gasteiger partial charge in [0.2, 0.25) is 11.8 Å². The third-order valence-electron chi connectivity index (χ3n) is 5.40. The van der Waals surface area contributed by atoms with Crippen molar-refractivity contribution in [2.45, 2.75) is 52.4 Å². The normalized spacial score (nSPS) is 19.0. The number of rotatable bonds is 9. The summed E-state index contributed by atoms with van der Waals surface area (Å²) < 4.78 is 10.5. The van der Waals surface area contributed by atoms with E-state index in [0.717, 1.165) is 51.6 Å². The van der Waals surface area contributed by atoms with E-state index in [-0.39, 0.29) is 23.7 Å². The molecule has 0 heterocycles. The molecule has 28 heavy (non-hydrogen) atoms. The summed E-state index contributed by atoms with van der Waals surface area (Å²) in [6, 6.07) is 5.35. The second kappa shape index (κ2) is 10.9. The molecule has 156 valence electrons. The van der Waals surface area contributed by atoms with Gasteiger partial charge in [0.1, 0.15) is 0 Å². The first-order valence-electron chi connectivity index (χ1n) is 10.4. The maximum Gasteiger partial charge on any atom is 0.227 e. The van der Waals surface area contributed by atoms with Crippen LogP contribution in [0.5, 0.6) is 11.5 Å². The van der Waals surface area contributed by atoms with E-state index in [1.165, 1.54) is 0 Å². The molecule has 1 aliphatic rings. The number of carbonyl (C=O) groups excluding carboxylic acids is 2. The van der Waals surface area contributed by atoms with Crippen LogP contribution in [0.4, 0.5) is 5.69 Å². The standard InChI is InChI=1S/C22H34N2O4/c1-5-13-24(14-6-2)22(26)17-9-7-16(8-10-17)21(25)23-18-11-12-19(27-3)20(15-18)28-4/h11-12,15-17H,5-10,13-14H2,1-4H3,(H,23,25). The zero-order chi connectivity index (χ0) is 20.5. The van der Waals surface area contributed by atoms with Crippen molar-refractivity contribution >= 4 is 17.5 Å². The molecule has 1 fully saturated rings. The highest BCUT2D eigenvalue weighted by Gasteiger charge is 2.31. The van der Waals surface area contributed by atoms with Crippen LogP contribution in [-0.2, 0) is 9.59 Å². The Morgan fingerprint density at radius 1 is 0.964 bits per heavy atom. The first kappa shape index (κ1) is 22.1. The highest BCUT2D eigenvalue weighted by atomic mass is 16.5. The lowest BCUT2D eigenvalue weighted by atomic mass is 9.80. The van der Waals surface area contributed by atoms with Crippen LogP contribution in [0.2, 0.25) is 0 Å². The molecular formula is C22H34N2O4. The molecule has 0 aliphatic heterocycles. The summed E-state index contributed by atoms with van der Waals surface area (Å²) in [4.78, 5) is 27.4.